The monoisotopic (exact) mass is 243 g/mol. The van der Waals surface area contributed by atoms with Gasteiger partial charge in [-0.3, -0.25) is 0 Å². The van der Waals surface area contributed by atoms with Crippen LogP contribution >= 0.6 is 0 Å². The Hall–Kier alpha value is -0.120. The molecular formula is C14H29NO2. The van der Waals surface area contributed by atoms with Crippen molar-refractivity contribution in [3.05, 3.63) is 0 Å². The second-order valence-electron chi connectivity index (χ2n) is 4.95. The lowest BCUT2D eigenvalue weighted by molar-refractivity contribution is -0.135. The molecule has 0 saturated carbocycles. The Bertz CT molecular complexity index is 193. The first-order valence-corrected chi connectivity index (χ1v) is 7.13. The van der Waals surface area contributed by atoms with Crippen molar-refractivity contribution in [3.8, 4) is 0 Å². The number of ether oxygens (including phenoxy) is 2. The number of hydrogen-bond acceptors (Lipinski definition) is 3. The molecule has 0 amide bonds. The van der Waals surface area contributed by atoms with Gasteiger partial charge >= 0.3 is 0 Å². The highest BCUT2D eigenvalue weighted by Gasteiger charge is 2.43. The van der Waals surface area contributed by atoms with Gasteiger partial charge in [-0.1, -0.05) is 26.7 Å². The molecule has 0 spiro atoms. The topological polar surface area (TPSA) is 30.5 Å². The smallest absolute Gasteiger partial charge is 0.0880 e. The summed E-state index contributed by atoms with van der Waals surface area (Å²) in [6.07, 6.45) is 4.45. The van der Waals surface area contributed by atoms with E-state index in [4.69, 9.17) is 9.47 Å². The summed E-state index contributed by atoms with van der Waals surface area (Å²) in [5.41, 5.74) is -0.0154. The number of nitrogens with one attached hydrogen (secondary N) is 1. The van der Waals surface area contributed by atoms with Crippen molar-refractivity contribution in [2.24, 2.45) is 5.92 Å². The average molecular weight is 243 g/mol. The van der Waals surface area contributed by atoms with Gasteiger partial charge in [-0.2, -0.15) is 0 Å². The molecule has 1 rings (SSSR count). The SMILES string of the molecule is CCOC1(C(NC)C(CC)CC)CCOCC1. The van der Waals surface area contributed by atoms with E-state index in [1.807, 2.05) is 0 Å². The van der Waals surface area contributed by atoms with Gasteiger partial charge in [-0.05, 0) is 19.9 Å². The summed E-state index contributed by atoms with van der Waals surface area (Å²) in [6.45, 7) is 9.10. The Labute approximate surface area is 106 Å². The van der Waals surface area contributed by atoms with Crippen LogP contribution in [0.1, 0.15) is 46.5 Å². The summed E-state index contributed by atoms with van der Waals surface area (Å²) in [5, 5.41) is 3.52. The first-order chi connectivity index (χ1) is 8.24. The fraction of sp³-hybridized carbons (Fsp3) is 1.00. The fourth-order valence-electron chi connectivity index (χ4n) is 3.24. The summed E-state index contributed by atoms with van der Waals surface area (Å²) in [5.74, 6) is 0.685. The minimum absolute atomic E-state index is 0.0154. The molecule has 3 heteroatoms. The zero-order valence-corrected chi connectivity index (χ0v) is 11.9. The summed E-state index contributed by atoms with van der Waals surface area (Å²) in [6, 6.07) is 0.446. The van der Waals surface area contributed by atoms with E-state index in [0.29, 0.717) is 12.0 Å². The maximum atomic E-state index is 6.17. The number of likely N-dealkylation sites (N-methyl/N-ethyl adjacent to an activating group) is 1. The highest BCUT2D eigenvalue weighted by atomic mass is 16.5. The molecule has 1 fully saturated rings. The van der Waals surface area contributed by atoms with Crippen LogP contribution in [0, 0.1) is 5.92 Å². The third kappa shape index (κ3) is 3.43. The molecule has 102 valence electrons. The van der Waals surface area contributed by atoms with Gasteiger partial charge in [-0.25, -0.2) is 0 Å². The quantitative estimate of drug-likeness (QED) is 0.745. The molecule has 0 radical (unpaired) electrons. The van der Waals surface area contributed by atoms with Gasteiger partial charge in [0.25, 0.3) is 0 Å². The van der Waals surface area contributed by atoms with E-state index in [0.717, 1.165) is 32.7 Å². The molecule has 3 nitrogen and oxygen atoms in total. The molecule has 0 aliphatic carbocycles. The largest absolute Gasteiger partial charge is 0.381 e. The van der Waals surface area contributed by atoms with Crippen LogP contribution in [-0.2, 0) is 9.47 Å². The Kier molecular flexibility index (Phi) is 6.45. The third-order valence-corrected chi connectivity index (χ3v) is 4.17. The van der Waals surface area contributed by atoms with Crippen molar-refractivity contribution in [2.45, 2.75) is 58.1 Å². The van der Waals surface area contributed by atoms with Crippen molar-refractivity contribution in [1.29, 1.82) is 0 Å². The van der Waals surface area contributed by atoms with Gasteiger partial charge in [0.05, 0.1) is 5.60 Å². The first-order valence-electron chi connectivity index (χ1n) is 7.13. The minimum Gasteiger partial charge on any atom is -0.381 e. The molecular weight excluding hydrogens is 214 g/mol. The third-order valence-electron chi connectivity index (χ3n) is 4.17. The summed E-state index contributed by atoms with van der Waals surface area (Å²) >= 11 is 0. The van der Waals surface area contributed by atoms with E-state index >= 15 is 0 Å². The molecule has 0 aromatic heterocycles. The van der Waals surface area contributed by atoms with E-state index in [1.165, 1.54) is 12.8 Å². The minimum atomic E-state index is -0.0154. The van der Waals surface area contributed by atoms with Gasteiger partial charge < -0.3 is 14.8 Å². The van der Waals surface area contributed by atoms with E-state index in [-0.39, 0.29) is 5.60 Å². The maximum Gasteiger partial charge on any atom is 0.0880 e. The van der Waals surface area contributed by atoms with Crippen LogP contribution in [0.2, 0.25) is 0 Å². The molecule has 1 unspecified atom stereocenters. The Morgan fingerprint density at radius 1 is 1.18 bits per heavy atom. The maximum absolute atomic E-state index is 6.17. The first kappa shape index (κ1) is 14.9. The van der Waals surface area contributed by atoms with Crippen LogP contribution < -0.4 is 5.32 Å². The molecule has 1 heterocycles. The van der Waals surface area contributed by atoms with Gasteiger partial charge in [-0.15, -0.1) is 0 Å². The van der Waals surface area contributed by atoms with Gasteiger partial charge in [0.2, 0.25) is 0 Å². The molecule has 0 bridgehead atoms. The molecule has 1 aliphatic rings. The second-order valence-corrected chi connectivity index (χ2v) is 4.95. The van der Waals surface area contributed by atoms with E-state index in [2.05, 4.69) is 33.1 Å². The molecule has 1 N–H and O–H groups in total. The summed E-state index contributed by atoms with van der Waals surface area (Å²) in [4.78, 5) is 0. The molecule has 0 aromatic rings. The van der Waals surface area contributed by atoms with Gasteiger partial charge in [0, 0.05) is 38.7 Å². The van der Waals surface area contributed by atoms with Crippen LogP contribution in [0.5, 0.6) is 0 Å². The predicted octanol–water partition coefficient (Wildman–Crippen LogP) is 2.60. The Morgan fingerprint density at radius 3 is 2.18 bits per heavy atom. The van der Waals surface area contributed by atoms with Crippen molar-refractivity contribution in [1.82, 2.24) is 5.32 Å². The zero-order valence-electron chi connectivity index (χ0n) is 11.9. The molecule has 0 aromatic carbocycles. The molecule has 17 heavy (non-hydrogen) atoms. The summed E-state index contributed by atoms with van der Waals surface area (Å²) < 4.78 is 11.7. The van der Waals surface area contributed by atoms with Crippen LogP contribution in [0.3, 0.4) is 0 Å². The van der Waals surface area contributed by atoms with Crippen molar-refractivity contribution >= 4 is 0 Å². The van der Waals surface area contributed by atoms with Gasteiger partial charge in [0.15, 0.2) is 0 Å². The molecule has 1 saturated heterocycles. The fourth-order valence-corrected chi connectivity index (χ4v) is 3.24. The predicted molar refractivity (Wildman–Crippen MR) is 71.3 cm³/mol. The second kappa shape index (κ2) is 7.34. The number of rotatable bonds is 7. The normalized spacial score (nSPS) is 21.7. The average Bonchev–Trinajstić information content (AvgIpc) is 2.37. The van der Waals surface area contributed by atoms with E-state index < -0.39 is 0 Å². The van der Waals surface area contributed by atoms with Crippen molar-refractivity contribution in [2.75, 3.05) is 26.9 Å². The Morgan fingerprint density at radius 2 is 1.76 bits per heavy atom. The highest BCUT2D eigenvalue weighted by molar-refractivity contribution is 4.97. The van der Waals surface area contributed by atoms with Crippen LogP contribution in [0.25, 0.3) is 0 Å². The summed E-state index contributed by atoms with van der Waals surface area (Å²) in [7, 11) is 2.07. The van der Waals surface area contributed by atoms with E-state index in [9.17, 15) is 0 Å². The lowest BCUT2D eigenvalue weighted by Gasteiger charge is -2.46. The van der Waals surface area contributed by atoms with Crippen molar-refractivity contribution in [3.63, 3.8) is 0 Å². The highest BCUT2D eigenvalue weighted by Crippen LogP contribution is 2.34. The van der Waals surface area contributed by atoms with Crippen LogP contribution in [-0.4, -0.2) is 38.5 Å². The van der Waals surface area contributed by atoms with Crippen molar-refractivity contribution < 1.29 is 9.47 Å². The lowest BCUT2D eigenvalue weighted by Crippen LogP contribution is -2.57. The molecule has 1 atom stereocenters. The van der Waals surface area contributed by atoms with Crippen LogP contribution in [0.4, 0.5) is 0 Å². The standard InChI is InChI=1S/C14H29NO2/c1-5-12(6-2)13(15-4)14(17-7-3)8-10-16-11-9-14/h12-13,15H,5-11H2,1-4H3. The van der Waals surface area contributed by atoms with E-state index in [1.54, 1.807) is 0 Å². The van der Waals surface area contributed by atoms with Gasteiger partial charge in [0.1, 0.15) is 0 Å². The molecule has 1 aliphatic heterocycles. The zero-order chi connectivity index (χ0) is 12.7. The van der Waals surface area contributed by atoms with Crippen LogP contribution in [0.15, 0.2) is 0 Å². The Balaban J connectivity index is 2.84. The number of hydrogen-bond donors (Lipinski definition) is 1. The lowest BCUT2D eigenvalue weighted by atomic mass is 9.77.